The first-order chi connectivity index (χ1) is 13.3. The summed E-state index contributed by atoms with van der Waals surface area (Å²) in [5.41, 5.74) is 22.9. The number of phenolic OH excluding ortho intramolecular Hbond substituents is 2. The molecule has 0 unspecified atom stereocenters. The monoisotopic (exact) mass is 384 g/mol. The highest BCUT2D eigenvalue weighted by Gasteiger charge is 2.33. The Balaban J connectivity index is 1.95. The minimum atomic E-state index is -0.904. The fourth-order valence-corrected chi connectivity index (χ4v) is 2.61. The van der Waals surface area contributed by atoms with Gasteiger partial charge in [-0.15, -0.1) is 0 Å². The van der Waals surface area contributed by atoms with Crippen molar-refractivity contribution in [3.05, 3.63) is 53.7 Å². The summed E-state index contributed by atoms with van der Waals surface area (Å²) in [7, 11) is 0. The molecule has 0 fully saturated rings. The summed E-state index contributed by atoms with van der Waals surface area (Å²) in [6.07, 6.45) is 1.49. The SMILES string of the molecule is NC(N)=NC=Cc1ccc2c(c1)O[C@@H](N=C(N)N)[C@@H](c1ccc(O)c(O)c1)O2. The van der Waals surface area contributed by atoms with E-state index < -0.39 is 12.3 Å². The summed E-state index contributed by atoms with van der Waals surface area (Å²) in [6.45, 7) is 0. The molecule has 0 radical (unpaired) electrons. The molecule has 3 rings (SSSR count). The Labute approximate surface area is 160 Å². The molecule has 2 atom stereocenters. The Bertz CT molecular complexity index is 965. The van der Waals surface area contributed by atoms with Gasteiger partial charge in [0.25, 0.3) is 0 Å². The van der Waals surface area contributed by atoms with Crippen molar-refractivity contribution in [3.63, 3.8) is 0 Å². The minimum Gasteiger partial charge on any atom is -0.504 e. The van der Waals surface area contributed by atoms with Gasteiger partial charge in [0, 0.05) is 11.8 Å². The van der Waals surface area contributed by atoms with Gasteiger partial charge in [-0.3, -0.25) is 0 Å². The van der Waals surface area contributed by atoms with Crippen molar-refractivity contribution in [2.24, 2.45) is 32.9 Å². The van der Waals surface area contributed by atoms with E-state index in [0.717, 1.165) is 5.56 Å². The molecule has 10 N–H and O–H groups in total. The van der Waals surface area contributed by atoms with E-state index in [9.17, 15) is 10.2 Å². The summed E-state index contributed by atoms with van der Waals surface area (Å²) in [4.78, 5) is 7.84. The fourth-order valence-electron chi connectivity index (χ4n) is 2.61. The van der Waals surface area contributed by atoms with Gasteiger partial charge in [-0.25, -0.2) is 9.98 Å². The third-order valence-corrected chi connectivity index (χ3v) is 3.82. The van der Waals surface area contributed by atoms with Crippen LogP contribution in [0, 0.1) is 0 Å². The van der Waals surface area contributed by atoms with E-state index in [4.69, 9.17) is 32.4 Å². The highest BCUT2D eigenvalue weighted by molar-refractivity contribution is 5.77. The van der Waals surface area contributed by atoms with Crippen LogP contribution in [0.1, 0.15) is 17.2 Å². The van der Waals surface area contributed by atoms with Gasteiger partial charge < -0.3 is 42.6 Å². The number of nitrogens with two attached hydrogens (primary N) is 4. The molecule has 1 heterocycles. The van der Waals surface area contributed by atoms with E-state index in [-0.39, 0.29) is 23.4 Å². The van der Waals surface area contributed by atoms with Crippen molar-refractivity contribution in [2.75, 3.05) is 0 Å². The molecule has 0 saturated carbocycles. The second-order valence-corrected chi connectivity index (χ2v) is 5.92. The van der Waals surface area contributed by atoms with Gasteiger partial charge in [0.15, 0.2) is 41.0 Å². The largest absolute Gasteiger partial charge is 0.504 e. The highest BCUT2D eigenvalue weighted by Crippen LogP contribution is 2.42. The van der Waals surface area contributed by atoms with Crippen LogP contribution in [-0.2, 0) is 0 Å². The fraction of sp³-hybridized carbons (Fsp3) is 0.111. The molecule has 2 aromatic rings. The van der Waals surface area contributed by atoms with Crippen LogP contribution in [0.4, 0.5) is 0 Å². The number of rotatable bonds is 4. The third-order valence-electron chi connectivity index (χ3n) is 3.82. The van der Waals surface area contributed by atoms with Gasteiger partial charge in [-0.1, -0.05) is 12.1 Å². The Kier molecular flexibility index (Phi) is 5.12. The molecule has 2 aromatic carbocycles. The van der Waals surface area contributed by atoms with Crippen LogP contribution >= 0.6 is 0 Å². The zero-order chi connectivity index (χ0) is 20.3. The van der Waals surface area contributed by atoms with Crippen LogP contribution in [0.15, 0.2) is 52.6 Å². The molecule has 0 saturated heterocycles. The molecular formula is C18H20N6O4. The van der Waals surface area contributed by atoms with Crippen molar-refractivity contribution in [3.8, 4) is 23.0 Å². The van der Waals surface area contributed by atoms with Crippen molar-refractivity contribution in [1.82, 2.24) is 0 Å². The van der Waals surface area contributed by atoms with E-state index in [2.05, 4.69) is 9.98 Å². The number of phenols is 2. The molecule has 0 spiro atoms. The van der Waals surface area contributed by atoms with Crippen molar-refractivity contribution in [1.29, 1.82) is 0 Å². The smallest absolute Gasteiger partial charge is 0.234 e. The number of nitrogens with zero attached hydrogens (tertiary/aromatic N) is 2. The number of hydrogen-bond donors (Lipinski definition) is 6. The standard InChI is InChI=1S/C18H20N6O4/c19-17(20)23-6-5-9-1-4-13-14(7-9)28-16(24-18(21)22)15(27-13)10-2-3-11(25)12(26)8-10/h1-8,15-16,25-26H,(H4,19,20,23)(H4,21,22,24)/t15-,16-/m1/s1. The Hall–Kier alpha value is -4.08. The van der Waals surface area contributed by atoms with Crippen LogP contribution < -0.4 is 32.4 Å². The Morgan fingerprint density at radius 2 is 1.68 bits per heavy atom. The number of ether oxygens (including phenoxy) is 2. The number of hydrogen-bond acceptors (Lipinski definition) is 6. The lowest BCUT2D eigenvalue weighted by molar-refractivity contribution is 0.0248. The molecule has 10 nitrogen and oxygen atoms in total. The summed E-state index contributed by atoms with van der Waals surface area (Å²) in [6, 6.07) is 9.49. The molecule has 0 amide bonds. The first kappa shape index (κ1) is 18.7. The average Bonchev–Trinajstić information content (AvgIpc) is 2.62. The van der Waals surface area contributed by atoms with Gasteiger partial charge in [0.1, 0.15) is 0 Å². The highest BCUT2D eigenvalue weighted by atomic mass is 16.6. The van der Waals surface area contributed by atoms with Gasteiger partial charge in [-0.2, -0.15) is 0 Å². The molecule has 0 aliphatic carbocycles. The molecular weight excluding hydrogens is 364 g/mol. The molecule has 1 aliphatic heterocycles. The first-order valence-electron chi connectivity index (χ1n) is 8.17. The quantitative estimate of drug-likeness (QED) is 0.249. The van der Waals surface area contributed by atoms with E-state index in [0.29, 0.717) is 17.1 Å². The van der Waals surface area contributed by atoms with Gasteiger partial charge in [0.05, 0.1) is 0 Å². The predicted molar refractivity (Wildman–Crippen MR) is 105 cm³/mol. The Morgan fingerprint density at radius 1 is 0.893 bits per heavy atom. The third kappa shape index (κ3) is 4.18. The molecule has 10 heteroatoms. The van der Waals surface area contributed by atoms with Gasteiger partial charge in [0.2, 0.25) is 6.23 Å². The van der Waals surface area contributed by atoms with E-state index in [1.54, 1.807) is 30.3 Å². The van der Waals surface area contributed by atoms with Crippen LogP contribution in [0.3, 0.4) is 0 Å². The molecule has 0 bridgehead atoms. The lowest BCUT2D eigenvalue weighted by Gasteiger charge is -2.32. The minimum absolute atomic E-state index is 0.0541. The van der Waals surface area contributed by atoms with Crippen LogP contribution in [0.25, 0.3) is 6.08 Å². The number of fused-ring (bicyclic) bond motifs is 1. The normalized spacial score (nSPS) is 17.9. The summed E-state index contributed by atoms with van der Waals surface area (Å²) < 4.78 is 11.9. The zero-order valence-electron chi connectivity index (χ0n) is 14.7. The maximum atomic E-state index is 9.78. The summed E-state index contributed by atoms with van der Waals surface area (Å²) in [5, 5.41) is 19.3. The molecule has 28 heavy (non-hydrogen) atoms. The number of aliphatic imine (C=N–C) groups is 2. The van der Waals surface area contributed by atoms with Crippen LogP contribution in [0.2, 0.25) is 0 Å². The average molecular weight is 384 g/mol. The summed E-state index contributed by atoms with van der Waals surface area (Å²) >= 11 is 0. The number of benzene rings is 2. The van der Waals surface area contributed by atoms with E-state index in [1.807, 2.05) is 0 Å². The van der Waals surface area contributed by atoms with Crippen LogP contribution in [-0.4, -0.2) is 28.4 Å². The maximum absolute atomic E-state index is 9.78. The summed E-state index contributed by atoms with van der Waals surface area (Å²) in [5.74, 6) is 0.0854. The van der Waals surface area contributed by atoms with Gasteiger partial charge in [-0.05, 0) is 35.9 Å². The van der Waals surface area contributed by atoms with E-state index >= 15 is 0 Å². The van der Waals surface area contributed by atoms with Crippen molar-refractivity contribution < 1.29 is 19.7 Å². The molecule has 1 aliphatic rings. The Morgan fingerprint density at radius 3 is 2.36 bits per heavy atom. The predicted octanol–water partition coefficient (Wildman–Crippen LogP) is 0.454. The lowest BCUT2D eigenvalue weighted by atomic mass is 10.1. The second-order valence-electron chi connectivity index (χ2n) is 5.92. The molecule has 146 valence electrons. The zero-order valence-corrected chi connectivity index (χ0v) is 14.7. The number of aromatic hydroxyl groups is 2. The topological polar surface area (TPSA) is 188 Å². The maximum Gasteiger partial charge on any atom is 0.234 e. The van der Waals surface area contributed by atoms with Crippen LogP contribution in [0.5, 0.6) is 23.0 Å². The van der Waals surface area contributed by atoms with E-state index in [1.165, 1.54) is 18.3 Å². The first-order valence-corrected chi connectivity index (χ1v) is 8.17. The number of guanidine groups is 2. The van der Waals surface area contributed by atoms with Gasteiger partial charge >= 0.3 is 0 Å². The second kappa shape index (κ2) is 7.66. The van der Waals surface area contributed by atoms with Crippen molar-refractivity contribution >= 4 is 18.0 Å². The van der Waals surface area contributed by atoms with Crippen molar-refractivity contribution in [2.45, 2.75) is 12.3 Å². The molecule has 0 aromatic heterocycles. The lowest BCUT2D eigenvalue weighted by Crippen LogP contribution is -2.35.